The number of carbonyl (C=O) groups is 3. The van der Waals surface area contributed by atoms with Crippen LogP contribution in [0.5, 0.6) is 0 Å². The van der Waals surface area contributed by atoms with Gasteiger partial charge < -0.3 is 4.90 Å². The molecule has 0 radical (unpaired) electrons. The number of amides is 3. The molecule has 0 aliphatic carbocycles. The fraction of sp³-hybridized carbons (Fsp3) is 0.556. The summed E-state index contributed by atoms with van der Waals surface area (Å²) in [6, 6.07) is 3.25. The fourth-order valence-electron chi connectivity index (χ4n) is 2.90. The summed E-state index contributed by atoms with van der Waals surface area (Å²) < 4.78 is 0. The summed E-state index contributed by atoms with van der Waals surface area (Å²) in [6.07, 6.45) is 6.73. The third-order valence-electron chi connectivity index (χ3n) is 4.22. The minimum absolute atomic E-state index is 0.0943. The lowest BCUT2D eigenvalue weighted by atomic mass is 9.84. The van der Waals surface area contributed by atoms with Crippen molar-refractivity contribution in [3.05, 3.63) is 30.1 Å². The van der Waals surface area contributed by atoms with Crippen LogP contribution in [0, 0.1) is 5.41 Å². The molecule has 0 bridgehead atoms. The highest BCUT2D eigenvalue weighted by Gasteiger charge is 2.28. The first kappa shape index (κ1) is 18.9. The molecular formula is C18H26N4O3. The van der Waals surface area contributed by atoms with E-state index in [2.05, 4.69) is 15.8 Å². The first-order chi connectivity index (χ1) is 11.9. The number of carbonyl (C=O) groups excluding carboxylic acids is 3. The van der Waals surface area contributed by atoms with Crippen LogP contribution < -0.4 is 10.9 Å². The lowest BCUT2D eigenvalue weighted by Gasteiger charge is -2.31. The van der Waals surface area contributed by atoms with Gasteiger partial charge in [-0.25, -0.2) is 0 Å². The molecule has 0 atom stereocenters. The van der Waals surface area contributed by atoms with Gasteiger partial charge in [0.1, 0.15) is 0 Å². The first-order valence-corrected chi connectivity index (χ1v) is 8.64. The normalized spacial score (nSPS) is 14.7. The predicted octanol–water partition coefficient (Wildman–Crippen LogP) is 1.66. The Balaban J connectivity index is 1.77. The Hall–Kier alpha value is -2.44. The molecule has 25 heavy (non-hydrogen) atoms. The number of hydrogen-bond donors (Lipinski definition) is 2. The van der Waals surface area contributed by atoms with E-state index in [-0.39, 0.29) is 18.2 Å². The Morgan fingerprint density at radius 3 is 2.48 bits per heavy atom. The maximum absolute atomic E-state index is 12.4. The van der Waals surface area contributed by atoms with Crippen LogP contribution in [0.1, 0.15) is 56.3 Å². The van der Waals surface area contributed by atoms with E-state index in [4.69, 9.17) is 0 Å². The zero-order valence-electron chi connectivity index (χ0n) is 14.9. The lowest BCUT2D eigenvalue weighted by Crippen LogP contribution is -2.44. The number of aromatic nitrogens is 1. The molecule has 0 unspecified atom stereocenters. The highest BCUT2D eigenvalue weighted by atomic mass is 16.2. The van der Waals surface area contributed by atoms with E-state index in [1.54, 1.807) is 18.3 Å². The lowest BCUT2D eigenvalue weighted by molar-refractivity contribution is -0.135. The van der Waals surface area contributed by atoms with E-state index < -0.39 is 11.3 Å². The van der Waals surface area contributed by atoms with Crippen LogP contribution in [0.4, 0.5) is 0 Å². The van der Waals surface area contributed by atoms with Crippen molar-refractivity contribution in [1.82, 2.24) is 20.7 Å². The molecule has 2 heterocycles. The second-order valence-electron chi connectivity index (χ2n) is 7.20. The van der Waals surface area contributed by atoms with Gasteiger partial charge in [0.2, 0.25) is 11.8 Å². The standard InChI is InChI=1S/C18H26N4O3/c1-18(2,12-16(24)22-9-4-3-5-10-22)11-15(23)20-21-17(25)14-7-6-8-19-13-14/h6-8,13H,3-5,9-12H2,1-2H3,(H,20,23)(H,21,25). The number of likely N-dealkylation sites (tertiary alicyclic amines) is 1. The Morgan fingerprint density at radius 1 is 1.12 bits per heavy atom. The summed E-state index contributed by atoms with van der Waals surface area (Å²) in [5.41, 5.74) is 4.65. The smallest absolute Gasteiger partial charge is 0.271 e. The number of hydrazine groups is 1. The second kappa shape index (κ2) is 8.60. The largest absolute Gasteiger partial charge is 0.343 e. The van der Waals surface area contributed by atoms with Gasteiger partial charge >= 0.3 is 0 Å². The summed E-state index contributed by atoms with van der Waals surface area (Å²) in [7, 11) is 0. The maximum Gasteiger partial charge on any atom is 0.271 e. The van der Waals surface area contributed by atoms with Crippen molar-refractivity contribution in [3.8, 4) is 0 Å². The molecular weight excluding hydrogens is 320 g/mol. The van der Waals surface area contributed by atoms with Crippen molar-refractivity contribution in [2.75, 3.05) is 13.1 Å². The number of nitrogens with zero attached hydrogens (tertiary/aromatic N) is 2. The molecule has 2 N–H and O–H groups in total. The fourth-order valence-corrected chi connectivity index (χ4v) is 2.90. The van der Waals surface area contributed by atoms with Crippen LogP contribution in [0.25, 0.3) is 0 Å². The Labute approximate surface area is 148 Å². The van der Waals surface area contributed by atoms with Gasteiger partial charge in [0, 0.05) is 38.3 Å². The van der Waals surface area contributed by atoms with E-state index in [1.807, 2.05) is 18.7 Å². The van der Waals surface area contributed by atoms with E-state index in [0.29, 0.717) is 12.0 Å². The third-order valence-corrected chi connectivity index (χ3v) is 4.22. The highest BCUT2D eigenvalue weighted by Crippen LogP contribution is 2.26. The molecule has 1 aliphatic heterocycles. The van der Waals surface area contributed by atoms with Crippen molar-refractivity contribution in [2.24, 2.45) is 5.41 Å². The molecule has 3 amide bonds. The molecule has 7 nitrogen and oxygen atoms in total. The van der Waals surface area contributed by atoms with E-state index >= 15 is 0 Å². The van der Waals surface area contributed by atoms with Gasteiger partial charge in [-0.05, 0) is 36.8 Å². The van der Waals surface area contributed by atoms with Crippen molar-refractivity contribution in [1.29, 1.82) is 0 Å². The summed E-state index contributed by atoms with van der Waals surface area (Å²) in [4.78, 5) is 42.1. The number of piperidine rings is 1. The molecule has 0 spiro atoms. The predicted molar refractivity (Wildman–Crippen MR) is 93.3 cm³/mol. The van der Waals surface area contributed by atoms with Gasteiger partial charge in [-0.1, -0.05) is 13.8 Å². The highest BCUT2D eigenvalue weighted by molar-refractivity contribution is 5.95. The van der Waals surface area contributed by atoms with Gasteiger partial charge in [-0.3, -0.25) is 30.2 Å². The Morgan fingerprint density at radius 2 is 1.84 bits per heavy atom. The maximum atomic E-state index is 12.4. The van der Waals surface area contributed by atoms with Gasteiger partial charge in [-0.2, -0.15) is 0 Å². The van der Waals surface area contributed by atoms with Crippen molar-refractivity contribution < 1.29 is 14.4 Å². The zero-order valence-corrected chi connectivity index (χ0v) is 14.9. The summed E-state index contributed by atoms with van der Waals surface area (Å²) >= 11 is 0. The quantitative estimate of drug-likeness (QED) is 0.793. The average Bonchev–Trinajstić information content (AvgIpc) is 2.60. The molecule has 1 aromatic heterocycles. The van der Waals surface area contributed by atoms with E-state index in [0.717, 1.165) is 25.9 Å². The first-order valence-electron chi connectivity index (χ1n) is 8.64. The zero-order chi connectivity index (χ0) is 18.3. The van der Waals surface area contributed by atoms with Crippen molar-refractivity contribution in [2.45, 2.75) is 46.0 Å². The summed E-state index contributed by atoms with van der Waals surface area (Å²) in [5.74, 6) is -0.658. The van der Waals surface area contributed by atoms with Crippen LogP contribution in [0.15, 0.2) is 24.5 Å². The van der Waals surface area contributed by atoms with Crippen LogP contribution in [-0.2, 0) is 9.59 Å². The average molecular weight is 346 g/mol. The molecule has 1 fully saturated rings. The summed E-state index contributed by atoms with van der Waals surface area (Å²) in [5, 5.41) is 0. The van der Waals surface area contributed by atoms with Crippen molar-refractivity contribution in [3.63, 3.8) is 0 Å². The summed E-state index contributed by atoms with van der Waals surface area (Å²) in [6.45, 7) is 5.39. The molecule has 1 saturated heterocycles. The molecule has 1 aliphatic rings. The SMILES string of the molecule is CC(C)(CC(=O)NNC(=O)c1cccnc1)CC(=O)N1CCCCC1. The second-order valence-corrected chi connectivity index (χ2v) is 7.20. The number of rotatable bonds is 5. The molecule has 0 aromatic carbocycles. The minimum Gasteiger partial charge on any atom is -0.343 e. The Bertz CT molecular complexity index is 610. The van der Waals surface area contributed by atoms with Gasteiger partial charge in [0.05, 0.1) is 5.56 Å². The third kappa shape index (κ3) is 6.17. The minimum atomic E-state index is -0.475. The molecule has 136 valence electrons. The van der Waals surface area contributed by atoms with Crippen LogP contribution >= 0.6 is 0 Å². The van der Waals surface area contributed by atoms with Crippen LogP contribution in [-0.4, -0.2) is 40.7 Å². The van der Waals surface area contributed by atoms with E-state index in [9.17, 15) is 14.4 Å². The van der Waals surface area contributed by atoms with Gasteiger partial charge in [-0.15, -0.1) is 0 Å². The van der Waals surface area contributed by atoms with Crippen LogP contribution in [0.2, 0.25) is 0 Å². The number of hydrogen-bond acceptors (Lipinski definition) is 4. The van der Waals surface area contributed by atoms with Gasteiger partial charge in [0.15, 0.2) is 0 Å². The topological polar surface area (TPSA) is 91.4 Å². The molecule has 2 rings (SSSR count). The number of pyridine rings is 1. The molecule has 1 aromatic rings. The Kier molecular flexibility index (Phi) is 6.50. The van der Waals surface area contributed by atoms with E-state index in [1.165, 1.54) is 12.6 Å². The van der Waals surface area contributed by atoms with Crippen LogP contribution in [0.3, 0.4) is 0 Å². The number of nitrogens with one attached hydrogen (secondary N) is 2. The van der Waals surface area contributed by atoms with Crippen molar-refractivity contribution >= 4 is 17.7 Å². The molecule has 0 saturated carbocycles. The monoisotopic (exact) mass is 346 g/mol. The molecule has 7 heteroatoms. The van der Waals surface area contributed by atoms with Gasteiger partial charge in [0.25, 0.3) is 5.91 Å².